The quantitative estimate of drug-likeness (QED) is 0.272. The number of rotatable bonds is 0. The van der Waals surface area contributed by atoms with Crippen LogP contribution in [0.3, 0.4) is 0 Å². The Kier molecular flexibility index (Phi) is 4250. The third kappa shape index (κ3) is 3240. The molecule has 0 bridgehead atoms. The summed E-state index contributed by atoms with van der Waals surface area (Å²) >= 11 is 0. The summed E-state index contributed by atoms with van der Waals surface area (Å²) < 4.78 is 17.0. The molecule has 0 atom stereocenters. The monoisotopic (exact) mass is 532 g/mol. The molecule has 0 saturated heterocycles. The maximum absolute atomic E-state index is 8.52. The van der Waals surface area contributed by atoms with Crippen LogP contribution in [0.1, 0.15) is 0 Å². The standard InChI is InChI=1S/4Na.2O3Si.16H2O/c;;;;2*1-4(2)3;;;;;;;;;;;;;;;;/h;;;;;;16*1H2/q4*+1;2*-2;;;;;;;;;;;;;;;;. The van der Waals surface area contributed by atoms with Crippen molar-refractivity contribution in [3.05, 3.63) is 0 Å². The van der Waals surface area contributed by atoms with Gasteiger partial charge in [0.1, 0.15) is 0 Å². The minimum Gasteiger partial charge on any atom is -0.672 e. The molecule has 22 nitrogen and oxygen atoms in total. The maximum atomic E-state index is 8.52. The summed E-state index contributed by atoms with van der Waals surface area (Å²) in [6.07, 6.45) is 0. The van der Waals surface area contributed by atoms with Gasteiger partial charge in [0.05, 0.1) is 0 Å². The predicted octanol–water partition coefficient (Wildman–Crippen LogP) is -30.9. The zero-order chi connectivity index (χ0) is 7.15. The summed E-state index contributed by atoms with van der Waals surface area (Å²) in [5, 5.41) is 0. The van der Waals surface area contributed by atoms with Crippen molar-refractivity contribution in [2.45, 2.75) is 0 Å². The molecule has 0 heterocycles. The second kappa shape index (κ2) is 328. The molecule has 0 saturated carbocycles. The van der Waals surface area contributed by atoms with Crippen LogP contribution in [-0.2, 0) is 8.92 Å². The molecule has 0 aromatic heterocycles. The van der Waals surface area contributed by atoms with Crippen LogP contribution in [0.4, 0.5) is 0 Å². The Bertz CT molecular complexity index is 84.5. The first-order valence-corrected chi connectivity index (χ1v) is 3.67. The first-order chi connectivity index (χ1) is 3.46. The molecule has 0 spiro atoms. The molecular formula is H32Na4O22Si2. The average Bonchev–Trinajstić information content (AvgIpc) is 1.25. The van der Waals surface area contributed by atoms with Crippen LogP contribution in [0, 0.1) is 0 Å². The normalized spacial score (nSPS) is 1.71. The zero-order valence-electron chi connectivity index (χ0n) is 15.4. The van der Waals surface area contributed by atoms with Crippen molar-refractivity contribution in [1.29, 1.82) is 0 Å². The molecule has 176 valence electrons. The van der Waals surface area contributed by atoms with E-state index in [0.717, 1.165) is 0 Å². The van der Waals surface area contributed by atoms with Crippen molar-refractivity contribution in [3.63, 3.8) is 0 Å². The molecule has 0 amide bonds. The van der Waals surface area contributed by atoms with Gasteiger partial charge >= 0.3 is 118 Å². The zero-order valence-corrected chi connectivity index (χ0v) is 25.4. The molecule has 0 fully saturated rings. The molecular weight excluding hydrogens is 500 g/mol. The van der Waals surface area contributed by atoms with Crippen molar-refractivity contribution in [1.82, 2.24) is 0 Å². The first kappa shape index (κ1) is 363. The smallest absolute Gasteiger partial charge is 0.672 e. The van der Waals surface area contributed by atoms with E-state index in [-0.39, 0.29) is 206 Å². The van der Waals surface area contributed by atoms with Crippen LogP contribution in [0.5, 0.6) is 0 Å². The van der Waals surface area contributed by atoms with Gasteiger partial charge in [0.2, 0.25) is 0 Å². The summed E-state index contributed by atoms with van der Waals surface area (Å²) in [5.74, 6) is 0. The van der Waals surface area contributed by atoms with Gasteiger partial charge in [0, 0.05) is 18.3 Å². The van der Waals surface area contributed by atoms with Gasteiger partial charge in [0.25, 0.3) is 0 Å². The van der Waals surface area contributed by atoms with Crippen LogP contribution in [0.25, 0.3) is 0 Å². The van der Waals surface area contributed by atoms with E-state index in [1.165, 1.54) is 0 Å². The van der Waals surface area contributed by atoms with Gasteiger partial charge in [0.15, 0.2) is 0 Å². The molecule has 0 aliphatic rings. The topological polar surface area (TPSA) is 630 Å². The van der Waals surface area contributed by atoms with Gasteiger partial charge in [-0.3, -0.25) is 0 Å². The molecule has 28 heteroatoms. The van der Waals surface area contributed by atoms with Gasteiger partial charge in [-0.15, -0.1) is 0 Å². The molecule has 0 unspecified atom stereocenters. The van der Waals surface area contributed by atoms with E-state index in [0.29, 0.717) is 0 Å². The van der Waals surface area contributed by atoms with Crippen molar-refractivity contribution < 1.29 is 234 Å². The van der Waals surface area contributed by atoms with Crippen LogP contribution >= 0.6 is 0 Å². The Morgan fingerprint density at radius 3 is 0.286 bits per heavy atom. The number of hydrogen-bond acceptors (Lipinski definition) is 6. The molecule has 0 aliphatic carbocycles. The van der Waals surface area contributed by atoms with Gasteiger partial charge in [-0.2, -0.15) is 0 Å². The Labute approximate surface area is 249 Å². The van der Waals surface area contributed by atoms with Gasteiger partial charge in [-0.25, -0.2) is 0 Å². The summed E-state index contributed by atoms with van der Waals surface area (Å²) in [6, 6.07) is 0. The molecule has 0 aliphatic heterocycles. The minimum absolute atomic E-state index is 0. The van der Waals surface area contributed by atoms with Crippen molar-refractivity contribution in [3.8, 4) is 0 Å². The fraction of sp³-hybridized carbons (Fsp3) is 0. The average molecular weight is 532 g/mol. The third-order valence-corrected chi connectivity index (χ3v) is 0. The van der Waals surface area contributed by atoms with Crippen LogP contribution in [0.2, 0.25) is 0 Å². The van der Waals surface area contributed by atoms with Gasteiger partial charge in [-0.05, 0) is 0 Å². The van der Waals surface area contributed by atoms with Gasteiger partial charge < -0.3 is 116 Å². The summed E-state index contributed by atoms with van der Waals surface area (Å²) in [4.78, 5) is 34.1. The molecule has 0 aromatic carbocycles. The summed E-state index contributed by atoms with van der Waals surface area (Å²) in [7, 11) is -7.26. The van der Waals surface area contributed by atoms with E-state index in [2.05, 4.69) is 0 Å². The Balaban J connectivity index is -0.000000000750. The second-order valence-corrected chi connectivity index (χ2v) is 1.50. The summed E-state index contributed by atoms with van der Waals surface area (Å²) in [6.45, 7) is 0. The van der Waals surface area contributed by atoms with E-state index >= 15 is 0 Å². The molecule has 0 aromatic rings. The van der Waals surface area contributed by atoms with E-state index < -0.39 is 18.3 Å². The van der Waals surface area contributed by atoms with E-state index in [1.54, 1.807) is 0 Å². The molecule has 0 rings (SSSR count). The number of hydrogen-bond donors (Lipinski definition) is 0. The fourth-order valence-electron chi connectivity index (χ4n) is 0. The van der Waals surface area contributed by atoms with E-state index in [1.807, 2.05) is 0 Å². The van der Waals surface area contributed by atoms with Crippen LogP contribution < -0.4 is 137 Å². The minimum atomic E-state index is -3.63. The second-order valence-electron chi connectivity index (χ2n) is 0.500. The van der Waals surface area contributed by atoms with E-state index in [4.69, 9.17) is 28.1 Å². The Morgan fingerprint density at radius 1 is 0.286 bits per heavy atom. The largest absolute Gasteiger partial charge is 1.00 e. The fourth-order valence-corrected chi connectivity index (χ4v) is 0. The maximum Gasteiger partial charge on any atom is 1.00 e. The van der Waals surface area contributed by atoms with Crippen LogP contribution in [-0.4, -0.2) is 106 Å². The Morgan fingerprint density at radius 2 is 0.286 bits per heavy atom. The first-order valence-electron chi connectivity index (χ1n) is 1.22. The van der Waals surface area contributed by atoms with Crippen molar-refractivity contribution >= 4 is 18.3 Å². The third-order valence-electron chi connectivity index (χ3n) is 0. The Hall–Kier alpha value is 2.59. The predicted molar refractivity (Wildman–Crippen MR) is 70.7 cm³/mol. The molecule has 32 N–H and O–H groups in total. The molecule has 0 radical (unpaired) electrons. The van der Waals surface area contributed by atoms with Crippen molar-refractivity contribution in [2.24, 2.45) is 0 Å². The SMILES string of the molecule is O.O.O.O.O.O.O.O.O.O.O.O.O.O.O.O.O=[Si]([O-])[O-].O=[Si]([O-])[O-].[Na+].[Na+].[Na+].[Na+]. The van der Waals surface area contributed by atoms with Gasteiger partial charge in [-0.1, -0.05) is 0 Å². The van der Waals surface area contributed by atoms with Crippen LogP contribution in [0.15, 0.2) is 0 Å². The van der Waals surface area contributed by atoms with E-state index in [9.17, 15) is 0 Å². The summed E-state index contributed by atoms with van der Waals surface area (Å²) in [5.41, 5.74) is 0. The molecule has 28 heavy (non-hydrogen) atoms. The van der Waals surface area contributed by atoms with Crippen molar-refractivity contribution in [2.75, 3.05) is 0 Å².